The first-order valence-electron chi connectivity index (χ1n) is 8.22. The molecular weight excluding hydrogens is 400 g/mol. The van der Waals surface area contributed by atoms with Crippen molar-refractivity contribution in [2.45, 2.75) is 16.7 Å². The molecule has 1 N–H and O–H groups in total. The molecule has 0 saturated heterocycles. The van der Waals surface area contributed by atoms with Crippen molar-refractivity contribution in [2.75, 3.05) is 0 Å². The second-order valence-electron chi connectivity index (χ2n) is 6.44. The Kier molecular flexibility index (Phi) is 3.95. The minimum Gasteiger partial charge on any atom is -0.506 e. The van der Waals surface area contributed by atoms with Crippen LogP contribution in [0.5, 0.6) is 0 Å². The molecule has 8 heteroatoms. The molecule has 28 heavy (non-hydrogen) atoms. The lowest BCUT2D eigenvalue weighted by molar-refractivity contribution is 0.104. The zero-order valence-corrected chi connectivity index (χ0v) is 16.2. The van der Waals surface area contributed by atoms with Crippen molar-refractivity contribution in [1.82, 2.24) is 0 Å². The minimum absolute atomic E-state index is 0.0174. The smallest absolute Gasteiger partial charge is 0.211 e. The van der Waals surface area contributed by atoms with Gasteiger partial charge in [0.1, 0.15) is 15.6 Å². The zero-order valence-electron chi connectivity index (χ0n) is 14.6. The van der Waals surface area contributed by atoms with Crippen LogP contribution in [0.4, 0.5) is 0 Å². The van der Waals surface area contributed by atoms with Crippen molar-refractivity contribution in [3.05, 3.63) is 87.2 Å². The number of ketones is 1. The molecule has 2 aromatic carbocycles. The van der Waals surface area contributed by atoms with Crippen molar-refractivity contribution in [1.29, 1.82) is 0 Å². The van der Waals surface area contributed by atoms with Gasteiger partial charge in [-0.1, -0.05) is 24.3 Å². The Labute approximate surface area is 162 Å². The number of allylic oxidation sites excluding steroid dienone is 4. The summed E-state index contributed by atoms with van der Waals surface area (Å²) < 4.78 is 50.6. The molecule has 0 saturated carbocycles. The van der Waals surface area contributed by atoms with Gasteiger partial charge in [-0.15, -0.1) is 0 Å². The van der Waals surface area contributed by atoms with E-state index >= 15 is 0 Å². The SMILES string of the molecule is CC(=C\C1=C(O)c2ccccc2S1(=O)=O)/C=C1\C(=O)c2ccccc2S1(=O)=O. The van der Waals surface area contributed by atoms with Gasteiger partial charge in [0.25, 0.3) is 0 Å². The van der Waals surface area contributed by atoms with Crippen LogP contribution in [0, 0.1) is 0 Å². The second-order valence-corrected chi connectivity index (χ2v) is 10.2. The predicted octanol–water partition coefficient (Wildman–Crippen LogP) is 3.20. The van der Waals surface area contributed by atoms with Crippen LogP contribution >= 0.6 is 0 Å². The molecule has 0 bridgehead atoms. The van der Waals surface area contributed by atoms with E-state index in [1.807, 2.05) is 0 Å². The van der Waals surface area contributed by atoms with Crippen molar-refractivity contribution in [3.8, 4) is 0 Å². The molecule has 2 aliphatic heterocycles. The lowest BCUT2D eigenvalue weighted by Gasteiger charge is -2.01. The van der Waals surface area contributed by atoms with Crippen LogP contribution in [0.15, 0.2) is 85.9 Å². The van der Waals surface area contributed by atoms with Crippen LogP contribution in [-0.2, 0) is 19.7 Å². The van der Waals surface area contributed by atoms with Crippen LogP contribution < -0.4 is 0 Å². The maximum absolute atomic E-state index is 12.7. The molecule has 6 nitrogen and oxygen atoms in total. The van der Waals surface area contributed by atoms with Gasteiger partial charge < -0.3 is 5.11 Å². The Bertz CT molecular complexity index is 1360. The monoisotopic (exact) mass is 414 g/mol. The highest BCUT2D eigenvalue weighted by Crippen LogP contribution is 2.39. The van der Waals surface area contributed by atoms with Gasteiger partial charge >= 0.3 is 0 Å². The third-order valence-electron chi connectivity index (χ3n) is 4.61. The fourth-order valence-electron chi connectivity index (χ4n) is 3.28. The largest absolute Gasteiger partial charge is 0.506 e. The number of carbonyl (C=O) groups is 1. The summed E-state index contributed by atoms with van der Waals surface area (Å²) in [6.07, 6.45) is 2.31. The molecule has 4 rings (SSSR count). The van der Waals surface area contributed by atoms with Gasteiger partial charge in [-0.25, -0.2) is 16.8 Å². The highest BCUT2D eigenvalue weighted by Gasteiger charge is 2.39. The summed E-state index contributed by atoms with van der Waals surface area (Å²) in [7, 11) is -7.91. The van der Waals surface area contributed by atoms with E-state index in [0.29, 0.717) is 0 Å². The number of Topliss-reactive ketones (excluding diaryl/α,β-unsaturated/α-hetero) is 1. The number of hydrogen-bond donors (Lipinski definition) is 1. The molecule has 0 amide bonds. The number of hydrogen-bond acceptors (Lipinski definition) is 6. The quantitative estimate of drug-likeness (QED) is 0.757. The van der Waals surface area contributed by atoms with E-state index < -0.39 is 36.1 Å². The van der Waals surface area contributed by atoms with Crippen LogP contribution in [0.1, 0.15) is 22.8 Å². The van der Waals surface area contributed by atoms with Crippen LogP contribution in [0.25, 0.3) is 5.76 Å². The highest BCUT2D eigenvalue weighted by atomic mass is 32.2. The first-order valence-corrected chi connectivity index (χ1v) is 11.2. The summed E-state index contributed by atoms with van der Waals surface area (Å²) in [5.74, 6) is -1.05. The van der Waals surface area contributed by atoms with Crippen molar-refractivity contribution in [3.63, 3.8) is 0 Å². The molecule has 0 spiro atoms. The molecule has 0 unspecified atom stereocenters. The zero-order chi connectivity index (χ0) is 20.3. The van der Waals surface area contributed by atoms with Crippen molar-refractivity contribution < 1.29 is 26.7 Å². The number of rotatable bonds is 2. The lowest BCUT2D eigenvalue weighted by Crippen LogP contribution is -2.03. The molecule has 2 heterocycles. The second kappa shape index (κ2) is 6.02. The summed E-state index contributed by atoms with van der Waals surface area (Å²) in [5.41, 5.74) is 0.480. The van der Waals surface area contributed by atoms with Gasteiger partial charge in [0.2, 0.25) is 25.5 Å². The van der Waals surface area contributed by atoms with Crippen molar-refractivity contribution in [2.24, 2.45) is 0 Å². The van der Waals surface area contributed by atoms with Crippen LogP contribution in [0.2, 0.25) is 0 Å². The maximum atomic E-state index is 12.7. The van der Waals surface area contributed by atoms with Crippen molar-refractivity contribution >= 4 is 31.2 Å². The summed E-state index contributed by atoms with van der Waals surface area (Å²) in [5, 5.41) is 10.3. The number of carbonyl (C=O) groups excluding carboxylic acids is 1. The molecule has 0 radical (unpaired) electrons. The normalized spacial score (nSPS) is 21.1. The first-order chi connectivity index (χ1) is 13.2. The molecule has 0 aliphatic carbocycles. The van der Waals surface area contributed by atoms with E-state index in [4.69, 9.17) is 0 Å². The van der Waals surface area contributed by atoms with Gasteiger partial charge in [0.15, 0.2) is 0 Å². The standard InChI is InChI=1S/C20H14O6S2/c1-12(10-17-19(21)13-6-2-4-8-15(13)27(17,23)24)11-18-20(22)14-7-3-5-9-16(14)28(18,25)26/h2-11,21H,1H3/b12-10+,18-11+. The highest BCUT2D eigenvalue weighted by molar-refractivity contribution is 7.97. The number of aliphatic hydroxyl groups is 1. The maximum Gasteiger partial charge on any atom is 0.211 e. The number of aliphatic hydroxyl groups excluding tert-OH is 1. The third kappa shape index (κ3) is 2.49. The molecule has 0 fully saturated rings. The summed E-state index contributed by atoms with van der Waals surface area (Å²) >= 11 is 0. The Hall–Kier alpha value is -2.97. The Balaban J connectivity index is 1.83. The van der Waals surface area contributed by atoms with E-state index in [9.17, 15) is 26.7 Å². The Morgan fingerprint density at radius 2 is 1.39 bits per heavy atom. The predicted molar refractivity (Wildman–Crippen MR) is 103 cm³/mol. The molecular formula is C20H14O6S2. The van der Waals surface area contributed by atoms with Gasteiger partial charge in [0, 0.05) is 11.1 Å². The summed E-state index contributed by atoms with van der Waals surface area (Å²) in [6.45, 7) is 1.47. The first kappa shape index (κ1) is 18.4. The number of sulfone groups is 2. The van der Waals surface area contributed by atoms with Gasteiger partial charge in [0.05, 0.1) is 9.79 Å². The summed E-state index contributed by atoms with van der Waals surface area (Å²) in [4.78, 5) is 11.7. The number of benzene rings is 2. The van der Waals surface area contributed by atoms with Gasteiger partial charge in [-0.3, -0.25) is 4.79 Å². The van der Waals surface area contributed by atoms with E-state index in [1.54, 1.807) is 18.2 Å². The fraction of sp³-hybridized carbons (Fsp3) is 0.0500. The Morgan fingerprint density at radius 3 is 1.96 bits per heavy atom. The Morgan fingerprint density at radius 1 is 0.857 bits per heavy atom. The average molecular weight is 414 g/mol. The molecule has 0 atom stereocenters. The molecule has 2 aliphatic rings. The van der Waals surface area contributed by atoms with Gasteiger partial charge in [-0.2, -0.15) is 0 Å². The molecule has 0 aromatic heterocycles. The van der Waals surface area contributed by atoms with Crippen LogP contribution in [-0.4, -0.2) is 27.7 Å². The fourth-order valence-corrected chi connectivity index (χ4v) is 6.58. The molecule has 142 valence electrons. The van der Waals surface area contributed by atoms with Gasteiger partial charge in [-0.05, 0) is 48.9 Å². The number of fused-ring (bicyclic) bond motifs is 2. The lowest BCUT2D eigenvalue weighted by atomic mass is 10.1. The van der Waals surface area contributed by atoms with E-state index in [0.717, 1.165) is 6.08 Å². The van der Waals surface area contributed by atoms with E-state index in [1.165, 1.54) is 43.3 Å². The topological polar surface area (TPSA) is 106 Å². The van der Waals surface area contributed by atoms with Crippen LogP contribution in [0.3, 0.4) is 0 Å². The molecule has 2 aromatic rings. The van der Waals surface area contributed by atoms with E-state index in [2.05, 4.69) is 0 Å². The van der Waals surface area contributed by atoms with E-state index in [-0.39, 0.29) is 31.4 Å². The minimum atomic E-state index is -3.98. The average Bonchev–Trinajstić information content (AvgIpc) is 2.98. The third-order valence-corrected chi connectivity index (χ3v) is 8.25. The summed E-state index contributed by atoms with van der Waals surface area (Å²) in [6, 6.07) is 11.9.